The lowest BCUT2D eigenvalue weighted by atomic mass is 9.68. The second-order valence-electron chi connectivity index (χ2n) is 10.5. The highest BCUT2D eigenvalue weighted by Crippen LogP contribution is 2.63. The zero-order valence-corrected chi connectivity index (χ0v) is 19.7. The molecule has 168 valence electrons. The third-order valence-corrected chi connectivity index (χ3v) is 8.42. The van der Waals surface area contributed by atoms with Crippen molar-refractivity contribution < 1.29 is 4.79 Å². The second-order valence-corrected chi connectivity index (χ2v) is 10.5. The van der Waals surface area contributed by atoms with Crippen LogP contribution >= 0.6 is 0 Å². The molecule has 1 aliphatic heterocycles. The van der Waals surface area contributed by atoms with Gasteiger partial charge in [-0.15, -0.1) is 0 Å². The average Bonchev–Trinajstić information content (AvgIpc) is 3.44. The summed E-state index contributed by atoms with van der Waals surface area (Å²) in [4.78, 5) is 13.3. The van der Waals surface area contributed by atoms with Gasteiger partial charge in [0.05, 0.1) is 6.04 Å². The van der Waals surface area contributed by atoms with Crippen LogP contribution in [-0.4, -0.2) is 5.91 Å². The SMILES string of the molecule is Cc1cc(C)c(NC(=O)c2ccc3c(c2)[C@@H]2[C@H]4CC[C@@H](C4)[C@H]2[C@@H](c2ccccc2)N3)c(C)c1. The molecular weight excluding hydrogens is 404 g/mol. The third kappa shape index (κ3) is 3.37. The summed E-state index contributed by atoms with van der Waals surface area (Å²) < 4.78 is 0. The first-order valence-corrected chi connectivity index (χ1v) is 12.3. The van der Waals surface area contributed by atoms with Crippen molar-refractivity contribution in [3.05, 3.63) is 94.0 Å². The fourth-order valence-corrected chi connectivity index (χ4v) is 7.18. The molecule has 5 atom stereocenters. The summed E-state index contributed by atoms with van der Waals surface area (Å²) in [5.74, 6) is 2.66. The van der Waals surface area contributed by atoms with Crippen LogP contribution in [0.3, 0.4) is 0 Å². The molecule has 3 aliphatic rings. The number of rotatable bonds is 3. The van der Waals surface area contributed by atoms with Gasteiger partial charge in [0.1, 0.15) is 0 Å². The number of carbonyl (C=O) groups is 1. The predicted octanol–water partition coefficient (Wildman–Crippen LogP) is 7.16. The molecule has 3 aromatic rings. The first-order valence-electron chi connectivity index (χ1n) is 12.3. The Labute approximate surface area is 196 Å². The molecule has 2 fully saturated rings. The van der Waals surface area contributed by atoms with Crippen LogP contribution in [0.15, 0.2) is 60.7 Å². The van der Waals surface area contributed by atoms with Crippen molar-refractivity contribution in [2.24, 2.45) is 17.8 Å². The Morgan fingerprint density at radius 2 is 1.64 bits per heavy atom. The molecule has 3 nitrogen and oxygen atoms in total. The molecule has 0 spiro atoms. The van der Waals surface area contributed by atoms with Gasteiger partial charge in [-0.2, -0.15) is 0 Å². The lowest BCUT2D eigenvalue weighted by molar-refractivity contribution is 0.102. The smallest absolute Gasteiger partial charge is 0.255 e. The highest BCUT2D eigenvalue weighted by Gasteiger charge is 2.53. The van der Waals surface area contributed by atoms with Crippen LogP contribution in [0.2, 0.25) is 0 Å². The topological polar surface area (TPSA) is 41.1 Å². The number of benzene rings is 3. The van der Waals surface area contributed by atoms with Gasteiger partial charge < -0.3 is 10.6 Å². The van der Waals surface area contributed by atoms with E-state index in [2.05, 4.69) is 86.0 Å². The van der Waals surface area contributed by atoms with Gasteiger partial charge in [0.15, 0.2) is 0 Å². The van der Waals surface area contributed by atoms with Gasteiger partial charge in [-0.05, 0) is 104 Å². The number of anilines is 2. The highest BCUT2D eigenvalue weighted by molar-refractivity contribution is 6.05. The Morgan fingerprint density at radius 3 is 2.39 bits per heavy atom. The van der Waals surface area contributed by atoms with Gasteiger partial charge in [0.2, 0.25) is 0 Å². The van der Waals surface area contributed by atoms with Gasteiger partial charge >= 0.3 is 0 Å². The van der Waals surface area contributed by atoms with E-state index in [4.69, 9.17) is 0 Å². The molecule has 0 radical (unpaired) electrons. The standard InChI is InChI=1S/C30H32N2O/c1-17-13-18(2)28(19(3)14-17)32-30(33)23-11-12-25-24(16-23)26-21-9-10-22(15-21)27(26)29(31-25)20-7-5-4-6-8-20/h4-8,11-14,16,21-22,26-27,29,31H,9-10,15H2,1-3H3,(H,32,33)/t21-,22-,26-,27+,29+/m0/s1. The van der Waals surface area contributed by atoms with Gasteiger partial charge in [0.25, 0.3) is 5.91 Å². The summed E-state index contributed by atoms with van der Waals surface area (Å²) in [7, 11) is 0. The highest BCUT2D eigenvalue weighted by atomic mass is 16.1. The van der Waals surface area contributed by atoms with Crippen LogP contribution in [0.25, 0.3) is 0 Å². The molecule has 33 heavy (non-hydrogen) atoms. The Balaban J connectivity index is 1.35. The molecule has 2 aliphatic carbocycles. The van der Waals surface area contributed by atoms with Crippen LogP contribution in [0, 0.1) is 38.5 Å². The van der Waals surface area contributed by atoms with Crippen molar-refractivity contribution >= 4 is 17.3 Å². The molecule has 6 rings (SSSR count). The van der Waals surface area contributed by atoms with E-state index in [1.54, 1.807) is 0 Å². The summed E-state index contributed by atoms with van der Waals surface area (Å²) in [5.41, 5.74) is 9.08. The summed E-state index contributed by atoms with van der Waals surface area (Å²) in [6.45, 7) is 6.22. The second kappa shape index (κ2) is 7.76. The summed E-state index contributed by atoms with van der Waals surface area (Å²) in [5, 5.41) is 7.08. The first-order chi connectivity index (χ1) is 16.0. The number of hydrogen-bond donors (Lipinski definition) is 2. The molecular formula is C30H32N2O. The Hall–Kier alpha value is -3.07. The van der Waals surface area contributed by atoms with Crippen molar-refractivity contribution in [2.45, 2.75) is 52.0 Å². The molecule has 0 unspecified atom stereocenters. The van der Waals surface area contributed by atoms with Crippen LogP contribution in [0.4, 0.5) is 11.4 Å². The van der Waals surface area contributed by atoms with Crippen LogP contribution in [0.1, 0.15) is 69.4 Å². The minimum Gasteiger partial charge on any atom is -0.378 e. The van der Waals surface area contributed by atoms with Crippen LogP contribution < -0.4 is 10.6 Å². The van der Waals surface area contributed by atoms with Crippen LogP contribution in [0.5, 0.6) is 0 Å². The lowest BCUT2D eigenvalue weighted by Gasteiger charge is -2.43. The van der Waals surface area contributed by atoms with Gasteiger partial charge in [-0.3, -0.25) is 4.79 Å². The fourth-order valence-electron chi connectivity index (χ4n) is 7.18. The molecule has 3 aromatic carbocycles. The Bertz CT molecular complexity index is 1210. The maximum absolute atomic E-state index is 13.3. The van der Waals surface area contributed by atoms with Crippen molar-refractivity contribution in [1.82, 2.24) is 0 Å². The number of amides is 1. The van der Waals surface area contributed by atoms with E-state index < -0.39 is 0 Å². The van der Waals surface area contributed by atoms with E-state index in [9.17, 15) is 4.79 Å². The lowest BCUT2D eigenvalue weighted by Crippen LogP contribution is -2.35. The zero-order valence-electron chi connectivity index (χ0n) is 19.7. The van der Waals surface area contributed by atoms with Crippen molar-refractivity contribution in [1.29, 1.82) is 0 Å². The van der Waals surface area contributed by atoms with Crippen LogP contribution in [-0.2, 0) is 0 Å². The van der Waals surface area contributed by atoms with Gasteiger partial charge in [0, 0.05) is 16.9 Å². The van der Waals surface area contributed by atoms with E-state index >= 15 is 0 Å². The van der Waals surface area contributed by atoms with E-state index in [0.717, 1.165) is 34.2 Å². The van der Waals surface area contributed by atoms with Gasteiger partial charge in [-0.25, -0.2) is 0 Å². The molecule has 1 amide bonds. The normalized spacial score (nSPS) is 26.9. The molecule has 3 heteroatoms. The first kappa shape index (κ1) is 20.5. The fraction of sp³-hybridized carbons (Fsp3) is 0.367. The van der Waals surface area contributed by atoms with E-state index in [1.807, 2.05) is 6.07 Å². The largest absolute Gasteiger partial charge is 0.378 e. The number of aryl methyl sites for hydroxylation is 3. The van der Waals surface area contributed by atoms with Crippen molar-refractivity contribution in [2.75, 3.05) is 10.6 Å². The maximum atomic E-state index is 13.3. The number of nitrogens with one attached hydrogen (secondary N) is 2. The molecule has 0 aromatic heterocycles. The van der Waals surface area contributed by atoms with Crippen molar-refractivity contribution in [3.63, 3.8) is 0 Å². The number of fused-ring (bicyclic) bond motifs is 7. The van der Waals surface area contributed by atoms with E-state index in [0.29, 0.717) is 17.9 Å². The Morgan fingerprint density at radius 1 is 0.909 bits per heavy atom. The van der Waals surface area contributed by atoms with Gasteiger partial charge in [-0.1, -0.05) is 48.0 Å². The minimum absolute atomic E-state index is 0.0160. The summed E-state index contributed by atoms with van der Waals surface area (Å²) >= 11 is 0. The minimum atomic E-state index is -0.0160. The number of hydrogen-bond acceptors (Lipinski definition) is 2. The van der Waals surface area contributed by atoms with E-state index in [1.165, 1.54) is 41.6 Å². The predicted molar refractivity (Wildman–Crippen MR) is 135 cm³/mol. The molecule has 2 saturated carbocycles. The third-order valence-electron chi connectivity index (χ3n) is 8.42. The number of carbonyl (C=O) groups excluding carboxylic acids is 1. The molecule has 2 N–H and O–H groups in total. The zero-order chi connectivity index (χ0) is 22.7. The average molecular weight is 437 g/mol. The maximum Gasteiger partial charge on any atom is 0.255 e. The quantitative estimate of drug-likeness (QED) is 0.457. The molecule has 1 heterocycles. The molecule has 0 saturated heterocycles. The van der Waals surface area contributed by atoms with E-state index in [-0.39, 0.29) is 5.91 Å². The van der Waals surface area contributed by atoms with Crippen molar-refractivity contribution in [3.8, 4) is 0 Å². The summed E-state index contributed by atoms with van der Waals surface area (Å²) in [6, 6.07) is 21.8. The monoisotopic (exact) mass is 436 g/mol. The summed E-state index contributed by atoms with van der Waals surface area (Å²) in [6.07, 6.45) is 4.00. The Kier molecular flexibility index (Phi) is 4.83. The molecule has 2 bridgehead atoms.